The largest absolute Gasteiger partial charge is 0.396 e. The van der Waals surface area contributed by atoms with Crippen LogP contribution < -0.4 is 16.4 Å². The molecule has 2 amide bonds. The van der Waals surface area contributed by atoms with Crippen LogP contribution in [0.25, 0.3) is 0 Å². The highest BCUT2D eigenvalue weighted by Gasteiger charge is 2.09. The monoisotopic (exact) mass is 312 g/mol. The number of nitrogens with zero attached hydrogens (tertiary/aromatic N) is 1. The summed E-state index contributed by atoms with van der Waals surface area (Å²) >= 11 is 0. The van der Waals surface area contributed by atoms with Crippen LogP contribution in [0.1, 0.15) is 29.8 Å². The molecule has 0 aliphatic carbocycles. The number of benzene rings is 1. The van der Waals surface area contributed by atoms with Crippen LogP contribution in [0.2, 0.25) is 0 Å². The van der Waals surface area contributed by atoms with Crippen molar-refractivity contribution in [3.8, 4) is 0 Å². The van der Waals surface area contributed by atoms with Crippen molar-refractivity contribution in [3.63, 3.8) is 0 Å². The Morgan fingerprint density at radius 1 is 1.22 bits per heavy atom. The van der Waals surface area contributed by atoms with Gasteiger partial charge in [0, 0.05) is 24.7 Å². The summed E-state index contributed by atoms with van der Waals surface area (Å²) in [5.41, 5.74) is 8.29. The molecule has 1 aromatic carbocycles. The first kappa shape index (κ1) is 16.5. The minimum atomic E-state index is -0.232. The molecule has 0 bridgehead atoms. The van der Waals surface area contributed by atoms with Gasteiger partial charge in [0.05, 0.1) is 17.6 Å². The van der Waals surface area contributed by atoms with Crippen LogP contribution in [-0.4, -0.2) is 22.8 Å². The van der Waals surface area contributed by atoms with E-state index in [0.29, 0.717) is 23.4 Å². The molecule has 0 fully saturated rings. The molecule has 0 saturated carbocycles. The third-order valence-electron chi connectivity index (χ3n) is 3.31. The molecule has 0 saturated heterocycles. The fourth-order valence-corrected chi connectivity index (χ4v) is 2.26. The van der Waals surface area contributed by atoms with E-state index in [4.69, 9.17) is 5.73 Å². The second kappa shape index (κ2) is 7.40. The molecule has 0 spiro atoms. The number of carbonyl (C=O) groups excluding carboxylic acids is 2. The average molecular weight is 312 g/mol. The lowest BCUT2D eigenvalue weighted by Crippen LogP contribution is -2.32. The summed E-state index contributed by atoms with van der Waals surface area (Å²) in [4.78, 5) is 27.1. The molecule has 1 unspecified atom stereocenters. The fourth-order valence-electron chi connectivity index (χ4n) is 2.26. The lowest BCUT2D eigenvalue weighted by Gasteiger charge is -2.13. The van der Waals surface area contributed by atoms with Gasteiger partial charge >= 0.3 is 0 Å². The highest BCUT2D eigenvalue weighted by Crippen LogP contribution is 2.17. The van der Waals surface area contributed by atoms with E-state index >= 15 is 0 Å². The van der Waals surface area contributed by atoms with Crippen molar-refractivity contribution in [2.75, 3.05) is 11.1 Å². The quantitative estimate of drug-likeness (QED) is 0.786. The number of amides is 2. The molecule has 6 nitrogen and oxygen atoms in total. The number of rotatable bonds is 5. The maximum absolute atomic E-state index is 12.2. The first-order valence-corrected chi connectivity index (χ1v) is 7.32. The molecule has 2 aromatic rings. The Bertz CT molecular complexity index is 698. The summed E-state index contributed by atoms with van der Waals surface area (Å²) in [6.45, 7) is 3.43. The van der Waals surface area contributed by atoms with Gasteiger partial charge in [-0.3, -0.25) is 14.6 Å². The highest BCUT2D eigenvalue weighted by atomic mass is 16.2. The number of nitrogens with two attached hydrogens (primary N) is 1. The Morgan fingerprint density at radius 3 is 2.52 bits per heavy atom. The predicted octanol–water partition coefficient (Wildman–Crippen LogP) is 1.98. The summed E-state index contributed by atoms with van der Waals surface area (Å²) in [5, 5.41) is 5.58. The maximum atomic E-state index is 12.2. The Balaban J connectivity index is 2.00. The molecule has 23 heavy (non-hydrogen) atoms. The molecular weight excluding hydrogens is 292 g/mol. The molecule has 4 N–H and O–H groups in total. The molecule has 6 heteroatoms. The van der Waals surface area contributed by atoms with Gasteiger partial charge in [-0.15, -0.1) is 0 Å². The van der Waals surface area contributed by atoms with E-state index < -0.39 is 0 Å². The van der Waals surface area contributed by atoms with E-state index in [-0.39, 0.29) is 17.9 Å². The summed E-state index contributed by atoms with van der Waals surface area (Å²) in [7, 11) is 0. The third kappa shape index (κ3) is 4.81. The Labute approximate surface area is 135 Å². The van der Waals surface area contributed by atoms with Crippen LogP contribution >= 0.6 is 0 Å². The molecule has 1 atom stereocenters. The second-order valence-electron chi connectivity index (χ2n) is 5.42. The third-order valence-corrected chi connectivity index (χ3v) is 3.31. The van der Waals surface area contributed by atoms with Crippen molar-refractivity contribution in [1.29, 1.82) is 0 Å². The zero-order chi connectivity index (χ0) is 16.8. The average Bonchev–Trinajstić information content (AvgIpc) is 2.49. The number of carbonyl (C=O) groups is 2. The fraction of sp³-hybridized carbons (Fsp3) is 0.235. The van der Waals surface area contributed by atoms with E-state index in [1.54, 1.807) is 24.4 Å². The lowest BCUT2D eigenvalue weighted by atomic mass is 10.0. The van der Waals surface area contributed by atoms with Crippen LogP contribution in [0.3, 0.4) is 0 Å². The standard InChI is InChI=1S/C17H20N4O2/c1-11(20-12(2)22)9-13-3-5-14(6-4-13)17(23)21-16-7-8-19-10-15(16)18/h3-8,10-11H,9,18H2,1-2H3,(H,20,22)(H,19,21,23). The minimum absolute atomic E-state index is 0.0452. The van der Waals surface area contributed by atoms with Gasteiger partial charge in [-0.2, -0.15) is 0 Å². The maximum Gasteiger partial charge on any atom is 0.255 e. The number of nitrogen functional groups attached to an aromatic ring is 1. The van der Waals surface area contributed by atoms with Crippen molar-refractivity contribution in [2.24, 2.45) is 0 Å². The Hall–Kier alpha value is -2.89. The Kier molecular flexibility index (Phi) is 5.30. The van der Waals surface area contributed by atoms with Gasteiger partial charge < -0.3 is 16.4 Å². The van der Waals surface area contributed by atoms with Crippen molar-refractivity contribution >= 4 is 23.2 Å². The molecule has 1 aromatic heterocycles. The zero-order valence-electron chi connectivity index (χ0n) is 13.2. The van der Waals surface area contributed by atoms with Crippen LogP contribution in [-0.2, 0) is 11.2 Å². The number of nitrogens with one attached hydrogen (secondary N) is 2. The van der Waals surface area contributed by atoms with Crippen molar-refractivity contribution < 1.29 is 9.59 Å². The van der Waals surface area contributed by atoms with Gasteiger partial charge in [-0.1, -0.05) is 12.1 Å². The van der Waals surface area contributed by atoms with Crippen LogP contribution in [0.4, 0.5) is 11.4 Å². The molecule has 1 heterocycles. The summed E-state index contributed by atoms with van der Waals surface area (Å²) in [5.74, 6) is -0.284. The normalized spacial score (nSPS) is 11.6. The van der Waals surface area contributed by atoms with Gasteiger partial charge in [0.25, 0.3) is 5.91 Å². The first-order valence-electron chi connectivity index (χ1n) is 7.32. The molecule has 0 aliphatic heterocycles. The van der Waals surface area contributed by atoms with E-state index in [2.05, 4.69) is 15.6 Å². The van der Waals surface area contributed by atoms with Gasteiger partial charge in [0.1, 0.15) is 0 Å². The van der Waals surface area contributed by atoms with Crippen molar-refractivity contribution in [1.82, 2.24) is 10.3 Å². The Morgan fingerprint density at radius 2 is 1.91 bits per heavy atom. The topological polar surface area (TPSA) is 97.1 Å². The second-order valence-corrected chi connectivity index (χ2v) is 5.42. The molecule has 120 valence electrons. The number of anilines is 2. The number of pyridine rings is 1. The summed E-state index contributed by atoms with van der Waals surface area (Å²) in [6, 6.07) is 8.96. The van der Waals surface area contributed by atoms with Crippen LogP contribution in [0.15, 0.2) is 42.7 Å². The zero-order valence-corrected chi connectivity index (χ0v) is 13.2. The lowest BCUT2D eigenvalue weighted by molar-refractivity contribution is -0.119. The van der Waals surface area contributed by atoms with Gasteiger partial charge in [-0.05, 0) is 37.1 Å². The summed E-state index contributed by atoms with van der Waals surface area (Å²) in [6.07, 6.45) is 3.76. The molecular formula is C17H20N4O2. The van der Waals surface area contributed by atoms with Crippen LogP contribution in [0.5, 0.6) is 0 Å². The first-order chi connectivity index (χ1) is 11.0. The predicted molar refractivity (Wildman–Crippen MR) is 90.0 cm³/mol. The summed E-state index contributed by atoms with van der Waals surface area (Å²) < 4.78 is 0. The SMILES string of the molecule is CC(=O)NC(C)Cc1ccc(C(=O)Nc2ccncc2N)cc1. The number of aromatic nitrogens is 1. The van der Waals surface area contributed by atoms with Gasteiger partial charge in [-0.25, -0.2) is 0 Å². The van der Waals surface area contributed by atoms with Gasteiger partial charge in [0.15, 0.2) is 0 Å². The van der Waals surface area contributed by atoms with E-state index in [0.717, 1.165) is 5.56 Å². The van der Waals surface area contributed by atoms with Crippen molar-refractivity contribution in [3.05, 3.63) is 53.9 Å². The smallest absolute Gasteiger partial charge is 0.255 e. The van der Waals surface area contributed by atoms with Gasteiger partial charge in [0.2, 0.25) is 5.91 Å². The highest BCUT2D eigenvalue weighted by molar-refractivity contribution is 6.05. The van der Waals surface area contributed by atoms with E-state index in [1.165, 1.54) is 13.1 Å². The number of hydrogen-bond donors (Lipinski definition) is 3. The van der Waals surface area contributed by atoms with E-state index in [1.807, 2.05) is 19.1 Å². The minimum Gasteiger partial charge on any atom is -0.396 e. The van der Waals surface area contributed by atoms with Crippen LogP contribution in [0, 0.1) is 0 Å². The molecule has 2 rings (SSSR count). The van der Waals surface area contributed by atoms with Crippen molar-refractivity contribution in [2.45, 2.75) is 26.3 Å². The molecule has 0 radical (unpaired) electrons. The van der Waals surface area contributed by atoms with E-state index in [9.17, 15) is 9.59 Å². The number of hydrogen-bond acceptors (Lipinski definition) is 4. The molecule has 0 aliphatic rings.